The van der Waals surface area contributed by atoms with Crippen molar-refractivity contribution < 1.29 is 0 Å². The summed E-state index contributed by atoms with van der Waals surface area (Å²) < 4.78 is 0. The summed E-state index contributed by atoms with van der Waals surface area (Å²) in [7, 11) is 1.87. The summed E-state index contributed by atoms with van der Waals surface area (Å²) in [5.41, 5.74) is 0.542. The zero-order valence-corrected chi connectivity index (χ0v) is 14.7. The van der Waals surface area contributed by atoms with Crippen LogP contribution in [0.5, 0.6) is 0 Å². The highest BCUT2D eigenvalue weighted by Gasteiger charge is 2.34. The summed E-state index contributed by atoms with van der Waals surface area (Å²) in [5.74, 6) is 0.970. The largest absolute Gasteiger partial charge is 0.356 e. The van der Waals surface area contributed by atoms with Gasteiger partial charge in [0.25, 0.3) is 0 Å². The molecule has 0 saturated heterocycles. The van der Waals surface area contributed by atoms with E-state index in [0.29, 0.717) is 5.41 Å². The lowest BCUT2D eigenvalue weighted by molar-refractivity contribution is 0.131. The Morgan fingerprint density at radius 1 is 1.10 bits per heavy atom. The van der Waals surface area contributed by atoms with Crippen molar-refractivity contribution in [1.82, 2.24) is 15.5 Å². The molecule has 2 N–H and O–H groups in total. The van der Waals surface area contributed by atoms with Crippen LogP contribution in [0.25, 0.3) is 0 Å². The van der Waals surface area contributed by atoms with E-state index in [1.807, 2.05) is 7.05 Å². The quantitative estimate of drug-likeness (QED) is 0.370. The molecule has 0 aliphatic heterocycles. The summed E-state index contributed by atoms with van der Waals surface area (Å²) in [6, 6.07) is 0. The van der Waals surface area contributed by atoms with Gasteiger partial charge in [-0.15, -0.1) is 0 Å². The third-order valence-electron chi connectivity index (χ3n) is 5.11. The van der Waals surface area contributed by atoms with Crippen molar-refractivity contribution >= 4 is 5.96 Å². The average Bonchev–Trinajstić information content (AvgIpc) is 2.48. The second-order valence-electron chi connectivity index (χ2n) is 6.29. The van der Waals surface area contributed by atoms with Crippen LogP contribution >= 0.6 is 0 Å². The third-order valence-corrected chi connectivity index (χ3v) is 5.11. The lowest BCUT2D eigenvalue weighted by Crippen LogP contribution is -2.46. The first-order chi connectivity index (χ1) is 10.2. The zero-order chi connectivity index (χ0) is 15.6. The SMILES string of the molecule is CCN(CC)CCCCNC(=NC)NCC1(CC)CCC1. The number of nitrogens with one attached hydrogen (secondary N) is 2. The van der Waals surface area contributed by atoms with Gasteiger partial charge in [0, 0.05) is 20.1 Å². The van der Waals surface area contributed by atoms with E-state index in [9.17, 15) is 0 Å². The molecular weight excluding hydrogens is 260 g/mol. The number of hydrogen-bond acceptors (Lipinski definition) is 2. The van der Waals surface area contributed by atoms with Crippen LogP contribution in [0.1, 0.15) is 59.3 Å². The van der Waals surface area contributed by atoms with Gasteiger partial charge in [-0.25, -0.2) is 0 Å². The fourth-order valence-electron chi connectivity index (χ4n) is 3.03. The molecule has 0 spiro atoms. The molecule has 124 valence electrons. The van der Waals surface area contributed by atoms with Crippen LogP contribution in [0.3, 0.4) is 0 Å². The van der Waals surface area contributed by atoms with Gasteiger partial charge in [0.05, 0.1) is 0 Å². The minimum Gasteiger partial charge on any atom is -0.356 e. The van der Waals surface area contributed by atoms with E-state index in [0.717, 1.165) is 32.1 Å². The van der Waals surface area contributed by atoms with Crippen LogP contribution in [-0.4, -0.2) is 50.6 Å². The predicted octanol–water partition coefficient (Wildman–Crippen LogP) is 2.85. The molecule has 0 aromatic heterocycles. The van der Waals surface area contributed by atoms with Gasteiger partial charge in [0.2, 0.25) is 0 Å². The van der Waals surface area contributed by atoms with Gasteiger partial charge in [0.15, 0.2) is 5.96 Å². The van der Waals surface area contributed by atoms with Crippen LogP contribution in [0.2, 0.25) is 0 Å². The molecule has 1 rings (SSSR count). The van der Waals surface area contributed by atoms with Crippen molar-refractivity contribution in [2.45, 2.75) is 59.3 Å². The Morgan fingerprint density at radius 2 is 1.81 bits per heavy atom. The molecule has 0 aromatic carbocycles. The molecule has 0 atom stereocenters. The molecule has 21 heavy (non-hydrogen) atoms. The zero-order valence-electron chi connectivity index (χ0n) is 14.7. The Bertz CT molecular complexity index is 288. The first-order valence-electron chi connectivity index (χ1n) is 8.86. The predicted molar refractivity (Wildman–Crippen MR) is 93.0 cm³/mol. The van der Waals surface area contributed by atoms with E-state index < -0.39 is 0 Å². The Morgan fingerprint density at radius 3 is 2.29 bits per heavy atom. The van der Waals surface area contributed by atoms with Crippen LogP contribution in [-0.2, 0) is 0 Å². The molecule has 0 amide bonds. The topological polar surface area (TPSA) is 39.7 Å². The number of aliphatic imine (C=N–C) groups is 1. The maximum Gasteiger partial charge on any atom is 0.190 e. The van der Waals surface area contributed by atoms with Crippen molar-refractivity contribution in [3.8, 4) is 0 Å². The van der Waals surface area contributed by atoms with E-state index in [2.05, 4.69) is 41.3 Å². The minimum atomic E-state index is 0.542. The second-order valence-corrected chi connectivity index (χ2v) is 6.29. The molecule has 1 aliphatic carbocycles. The van der Waals surface area contributed by atoms with Crippen molar-refractivity contribution in [2.75, 3.05) is 39.8 Å². The molecule has 1 saturated carbocycles. The van der Waals surface area contributed by atoms with Crippen LogP contribution in [0.4, 0.5) is 0 Å². The van der Waals surface area contributed by atoms with E-state index in [4.69, 9.17) is 0 Å². The number of nitrogens with zero attached hydrogens (tertiary/aromatic N) is 2. The molecule has 4 nitrogen and oxygen atoms in total. The smallest absolute Gasteiger partial charge is 0.190 e. The minimum absolute atomic E-state index is 0.542. The van der Waals surface area contributed by atoms with Gasteiger partial charge < -0.3 is 15.5 Å². The maximum atomic E-state index is 4.33. The van der Waals surface area contributed by atoms with Gasteiger partial charge in [-0.3, -0.25) is 4.99 Å². The fourth-order valence-corrected chi connectivity index (χ4v) is 3.03. The standard InChI is InChI=1S/C17H36N4/c1-5-17(11-10-12-17)15-20-16(18-4)19-13-8-9-14-21(6-2)7-3/h5-15H2,1-4H3,(H2,18,19,20). The monoisotopic (exact) mass is 296 g/mol. The highest BCUT2D eigenvalue weighted by molar-refractivity contribution is 5.79. The third kappa shape index (κ3) is 6.25. The highest BCUT2D eigenvalue weighted by atomic mass is 15.2. The number of hydrogen-bond donors (Lipinski definition) is 2. The van der Waals surface area contributed by atoms with Crippen LogP contribution in [0.15, 0.2) is 4.99 Å². The van der Waals surface area contributed by atoms with Crippen molar-refractivity contribution in [1.29, 1.82) is 0 Å². The van der Waals surface area contributed by atoms with Crippen molar-refractivity contribution in [2.24, 2.45) is 10.4 Å². The van der Waals surface area contributed by atoms with Crippen LogP contribution in [0, 0.1) is 5.41 Å². The van der Waals surface area contributed by atoms with Gasteiger partial charge in [0.1, 0.15) is 0 Å². The molecule has 0 radical (unpaired) electrons. The molecule has 1 fully saturated rings. The van der Waals surface area contributed by atoms with E-state index in [-0.39, 0.29) is 0 Å². The van der Waals surface area contributed by atoms with Crippen LogP contribution < -0.4 is 10.6 Å². The molecule has 4 heteroatoms. The summed E-state index contributed by atoms with van der Waals surface area (Å²) in [4.78, 5) is 6.81. The molecule has 0 bridgehead atoms. The summed E-state index contributed by atoms with van der Waals surface area (Å²) in [5, 5.41) is 6.96. The normalized spacial score (nSPS) is 17.7. The summed E-state index contributed by atoms with van der Waals surface area (Å²) >= 11 is 0. The Hall–Kier alpha value is -0.770. The Labute approximate surface area is 131 Å². The van der Waals surface area contributed by atoms with Crippen molar-refractivity contribution in [3.05, 3.63) is 0 Å². The maximum absolute atomic E-state index is 4.33. The van der Waals surface area contributed by atoms with E-state index in [1.54, 1.807) is 0 Å². The molecule has 0 heterocycles. The molecular formula is C17H36N4. The van der Waals surface area contributed by atoms with Gasteiger partial charge in [-0.05, 0) is 57.2 Å². The first-order valence-corrected chi connectivity index (χ1v) is 8.86. The van der Waals surface area contributed by atoms with Gasteiger partial charge >= 0.3 is 0 Å². The van der Waals surface area contributed by atoms with Crippen molar-refractivity contribution in [3.63, 3.8) is 0 Å². The van der Waals surface area contributed by atoms with E-state index in [1.165, 1.54) is 45.1 Å². The van der Waals surface area contributed by atoms with E-state index >= 15 is 0 Å². The Balaban J connectivity index is 2.11. The average molecular weight is 297 g/mol. The molecule has 0 unspecified atom stereocenters. The number of unbranched alkanes of at least 4 members (excludes halogenated alkanes) is 1. The molecule has 0 aromatic rings. The second kappa shape index (κ2) is 10.0. The number of rotatable bonds is 10. The first kappa shape index (κ1) is 18.3. The summed E-state index contributed by atoms with van der Waals surface area (Å²) in [6.07, 6.45) is 7.88. The lowest BCUT2D eigenvalue weighted by atomic mass is 9.67. The molecule has 1 aliphatic rings. The fraction of sp³-hybridized carbons (Fsp3) is 0.941. The highest BCUT2D eigenvalue weighted by Crippen LogP contribution is 2.42. The van der Waals surface area contributed by atoms with Gasteiger partial charge in [-0.2, -0.15) is 0 Å². The summed E-state index contributed by atoms with van der Waals surface area (Å²) in [6.45, 7) is 12.4. The lowest BCUT2D eigenvalue weighted by Gasteiger charge is -2.41. The van der Waals surface area contributed by atoms with Gasteiger partial charge in [-0.1, -0.05) is 27.2 Å². The Kier molecular flexibility index (Phi) is 8.74. The number of guanidine groups is 1.